The second kappa shape index (κ2) is 4.31. The van der Waals surface area contributed by atoms with E-state index in [1.54, 1.807) is 0 Å². The van der Waals surface area contributed by atoms with Crippen molar-refractivity contribution in [3.63, 3.8) is 0 Å². The summed E-state index contributed by atoms with van der Waals surface area (Å²) in [7, 11) is 0. The Balaban J connectivity index is 2.14. The van der Waals surface area contributed by atoms with E-state index in [2.05, 4.69) is 24.0 Å². The van der Waals surface area contributed by atoms with E-state index in [0.717, 1.165) is 19.3 Å². The fraction of sp³-hybridized carbons (Fsp3) is 0.636. The molecular weight excluding hydrogens is 214 g/mol. The fourth-order valence-electron chi connectivity index (χ4n) is 1.96. The molecule has 5 heteroatoms. The fourth-order valence-corrected chi connectivity index (χ4v) is 1.96. The van der Waals surface area contributed by atoms with Crippen LogP contribution in [0.15, 0.2) is 15.7 Å². The van der Waals surface area contributed by atoms with Crippen LogP contribution in [0, 0.1) is 0 Å². The highest BCUT2D eigenvalue weighted by molar-refractivity contribution is 5.17. The average molecular weight is 228 g/mol. The third-order valence-corrected chi connectivity index (χ3v) is 3.15. The molecular formula is C11H14F2N2O. The molecule has 0 amide bonds. The second-order valence-corrected chi connectivity index (χ2v) is 4.29. The molecule has 3 nitrogen and oxygen atoms in total. The van der Waals surface area contributed by atoms with Crippen LogP contribution in [-0.2, 0) is 0 Å². The third-order valence-electron chi connectivity index (χ3n) is 3.15. The molecule has 1 unspecified atom stereocenters. The molecule has 0 saturated carbocycles. The van der Waals surface area contributed by atoms with Crippen molar-refractivity contribution >= 4 is 0 Å². The van der Waals surface area contributed by atoms with Crippen LogP contribution in [0.5, 0.6) is 0 Å². The van der Waals surface area contributed by atoms with Crippen molar-refractivity contribution in [2.75, 3.05) is 0 Å². The second-order valence-electron chi connectivity index (χ2n) is 4.29. The van der Waals surface area contributed by atoms with Crippen molar-refractivity contribution in [3.8, 4) is 0 Å². The summed E-state index contributed by atoms with van der Waals surface area (Å²) in [6, 6.07) is 0. The van der Waals surface area contributed by atoms with Gasteiger partial charge in [0.1, 0.15) is 0 Å². The highest BCUT2D eigenvalue weighted by atomic mass is 19.3. The summed E-state index contributed by atoms with van der Waals surface area (Å²) in [5.41, 5.74) is 2.68. The normalized spacial score (nSPS) is 21.9. The van der Waals surface area contributed by atoms with Crippen molar-refractivity contribution in [2.24, 2.45) is 0 Å². The summed E-state index contributed by atoms with van der Waals surface area (Å²) in [5.74, 6) is -0.0511. The molecule has 16 heavy (non-hydrogen) atoms. The maximum atomic E-state index is 12.3. The molecule has 88 valence electrons. The van der Waals surface area contributed by atoms with Crippen molar-refractivity contribution in [3.05, 3.63) is 22.9 Å². The van der Waals surface area contributed by atoms with E-state index in [4.69, 9.17) is 4.52 Å². The Labute approximate surface area is 92.5 Å². The molecule has 1 aliphatic rings. The van der Waals surface area contributed by atoms with E-state index in [0.29, 0.717) is 5.89 Å². The molecule has 1 heterocycles. The molecule has 0 fully saturated rings. The van der Waals surface area contributed by atoms with Gasteiger partial charge in [0.2, 0.25) is 11.7 Å². The van der Waals surface area contributed by atoms with Crippen LogP contribution in [-0.4, -0.2) is 10.1 Å². The number of allylic oxidation sites excluding steroid dienone is 2. The van der Waals surface area contributed by atoms with Gasteiger partial charge < -0.3 is 4.52 Å². The van der Waals surface area contributed by atoms with E-state index in [9.17, 15) is 8.78 Å². The standard InChI is InChI=1S/C11H14F2N2O/c1-6-3-4-8(5-7(6)2)11-14-10(9(12)13)15-16-11/h8-9H,3-5H2,1-2H3. The van der Waals surface area contributed by atoms with E-state index < -0.39 is 12.2 Å². The van der Waals surface area contributed by atoms with Crippen molar-refractivity contribution in [1.29, 1.82) is 0 Å². The lowest BCUT2D eigenvalue weighted by atomic mass is 9.85. The number of nitrogens with zero attached hydrogens (tertiary/aromatic N) is 2. The summed E-state index contributed by atoms with van der Waals surface area (Å²) < 4.78 is 29.5. The number of hydrogen-bond acceptors (Lipinski definition) is 3. The van der Waals surface area contributed by atoms with Gasteiger partial charge in [-0.25, -0.2) is 8.78 Å². The minimum absolute atomic E-state index is 0.101. The van der Waals surface area contributed by atoms with Crippen LogP contribution >= 0.6 is 0 Å². The van der Waals surface area contributed by atoms with Crippen LogP contribution < -0.4 is 0 Å². The van der Waals surface area contributed by atoms with Gasteiger partial charge in [-0.3, -0.25) is 0 Å². The van der Waals surface area contributed by atoms with Gasteiger partial charge in [-0.1, -0.05) is 16.3 Å². The summed E-state index contributed by atoms with van der Waals surface area (Å²) >= 11 is 0. The first kappa shape index (κ1) is 11.2. The minimum Gasteiger partial charge on any atom is -0.339 e. The average Bonchev–Trinajstić information content (AvgIpc) is 2.71. The van der Waals surface area contributed by atoms with E-state index in [1.807, 2.05) is 0 Å². The number of rotatable bonds is 2. The molecule has 0 N–H and O–H groups in total. The predicted molar refractivity (Wildman–Crippen MR) is 54.2 cm³/mol. The lowest BCUT2D eigenvalue weighted by Crippen LogP contribution is -2.07. The Hall–Kier alpha value is -1.26. The molecule has 1 atom stereocenters. The van der Waals surface area contributed by atoms with E-state index in [1.165, 1.54) is 11.1 Å². The SMILES string of the molecule is CC1=C(C)CC(c2nc(C(F)F)no2)CC1. The molecule has 0 bridgehead atoms. The summed E-state index contributed by atoms with van der Waals surface area (Å²) in [6.07, 6.45) is 0.0488. The van der Waals surface area contributed by atoms with Crippen LogP contribution in [0.25, 0.3) is 0 Å². The van der Waals surface area contributed by atoms with Gasteiger partial charge in [0.15, 0.2) is 0 Å². The van der Waals surface area contributed by atoms with Gasteiger partial charge in [0.25, 0.3) is 0 Å². The van der Waals surface area contributed by atoms with Gasteiger partial charge >= 0.3 is 6.43 Å². The topological polar surface area (TPSA) is 38.9 Å². The third kappa shape index (κ3) is 2.13. The van der Waals surface area contributed by atoms with Gasteiger partial charge in [-0.2, -0.15) is 4.98 Å². The molecule has 0 aliphatic heterocycles. The first-order valence-corrected chi connectivity index (χ1v) is 5.34. The summed E-state index contributed by atoms with van der Waals surface area (Å²) in [6.45, 7) is 4.16. The van der Waals surface area contributed by atoms with Crippen LogP contribution in [0.2, 0.25) is 0 Å². The number of alkyl halides is 2. The molecule has 0 spiro atoms. The maximum absolute atomic E-state index is 12.3. The zero-order valence-corrected chi connectivity index (χ0v) is 9.33. The Morgan fingerprint density at radius 2 is 2.06 bits per heavy atom. The lowest BCUT2D eigenvalue weighted by Gasteiger charge is -2.20. The molecule has 0 saturated heterocycles. The zero-order valence-electron chi connectivity index (χ0n) is 9.33. The summed E-state index contributed by atoms with van der Waals surface area (Å²) in [5, 5.41) is 3.28. The van der Waals surface area contributed by atoms with E-state index >= 15 is 0 Å². The smallest absolute Gasteiger partial charge is 0.300 e. The van der Waals surface area contributed by atoms with Crippen molar-refractivity contribution in [1.82, 2.24) is 10.1 Å². The maximum Gasteiger partial charge on any atom is 0.300 e. The highest BCUT2D eigenvalue weighted by Gasteiger charge is 2.25. The summed E-state index contributed by atoms with van der Waals surface area (Å²) in [4.78, 5) is 3.74. The Morgan fingerprint density at radius 3 is 2.62 bits per heavy atom. The van der Waals surface area contributed by atoms with Crippen LogP contribution in [0.1, 0.15) is 57.2 Å². The first-order chi connectivity index (χ1) is 7.58. The molecule has 0 aromatic carbocycles. The van der Waals surface area contributed by atoms with Crippen LogP contribution in [0.4, 0.5) is 8.78 Å². The number of aromatic nitrogens is 2. The number of halogens is 2. The molecule has 1 aromatic rings. The van der Waals surface area contributed by atoms with Gasteiger partial charge in [0.05, 0.1) is 0 Å². The largest absolute Gasteiger partial charge is 0.339 e. The number of hydrogen-bond donors (Lipinski definition) is 0. The van der Waals surface area contributed by atoms with Gasteiger partial charge in [-0.05, 0) is 33.1 Å². The quantitative estimate of drug-likeness (QED) is 0.726. The van der Waals surface area contributed by atoms with Crippen molar-refractivity contribution in [2.45, 2.75) is 45.5 Å². The monoisotopic (exact) mass is 228 g/mol. The Morgan fingerprint density at radius 1 is 1.31 bits per heavy atom. The molecule has 2 rings (SSSR count). The first-order valence-electron chi connectivity index (χ1n) is 5.34. The highest BCUT2D eigenvalue weighted by Crippen LogP contribution is 2.35. The van der Waals surface area contributed by atoms with Crippen molar-refractivity contribution < 1.29 is 13.3 Å². The lowest BCUT2D eigenvalue weighted by molar-refractivity contribution is 0.136. The van der Waals surface area contributed by atoms with E-state index in [-0.39, 0.29) is 5.92 Å². The minimum atomic E-state index is -2.65. The zero-order chi connectivity index (χ0) is 11.7. The predicted octanol–water partition coefficient (Wildman–Crippen LogP) is 3.61. The molecule has 1 aromatic heterocycles. The molecule has 0 radical (unpaired) electrons. The Bertz CT molecular complexity index is 412. The Kier molecular flexibility index (Phi) is 3.03. The van der Waals surface area contributed by atoms with Gasteiger partial charge in [0, 0.05) is 5.92 Å². The van der Waals surface area contributed by atoms with Gasteiger partial charge in [-0.15, -0.1) is 0 Å². The van der Waals surface area contributed by atoms with Crippen LogP contribution in [0.3, 0.4) is 0 Å². The molecule has 1 aliphatic carbocycles.